The number of thiophene rings is 1. The lowest BCUT2D eigenvalue weighted by atomic mass is 10.2. The number of carbonyl (C=O) groups excluding carboxylic acids is 1. The van der Waals surface area contributed by atoms with Gasteiger partial charge in [0.2, 0.25) is 17.7 Å². The first-order valence-corrected chi connectivity index (χ1v) is 9.49. The first-order chi connectivity index (χ1) is 12.7. The Labute approximate surface area is 156 Å². The number of carbonyl (C=O) groups is 1. The monoisotopic (exact) mass is 370 g/mol. The molecule has 6 nitrogen and oxygen atoms in total. The van der Waals surface area contributed by atoms with E-state index in [9.17, 15) is 4.79 Å². The normalized spacial score (nSPS) is 11.0. The Hall–Kier alpha value is -2.51. The van der Waals surface area contributed by atoms with Crippen LogP contribution >= 0.6 is 11.3 Å². The van der Waals surface area contributed by atoms with Gasteiger partial charge in [-0.15, -0.1) is 10.2 Å². The topological polar surface area (TPSA) is 71.3 Å². The minimum Gasteiger partial charge on any atom is -0.421 e. The van der Waals surface area contributed by atoms with Crippen molar-refractivity contribution in [1.82, 2.24) is 20.4 Å². The zero-order chi connectivity index (χ0) is 18.2. The van der Waals surface area contributed by atoms with Crippen molar-refractivity contribution >= 4 is 17.2 Å². The van der Waals surface area contributed by atoms with Gasteiger partial charge in [-0.3, -0.25) is 4.79 Å². The number of nitrogens with zero attached hydrogens (tertiary/aromatic N) is 3. The Balaban J connectivity index is 1.34. The molecular formula is C19H22N4O2S. The molecule has 3 aromatic rings. The summed E-state index contributed by atoms with van der Waals surface area (Å²) in [6.07, 6.45) is 0.788. The Morgan fingerprint density at radius 1 is 1.23 bits per heavy atom. The molecule has 3 rings (SSSR count). The van der Waals surface area contributed by atoms with E-state index in [0.717, 1.165) is 18.7 Å². The summed E-state index contributed by atoms with van der Waals surface area (Å²) in [5, 5.41) is 14.9. The quantitative estimate of drug-likeness (QED) is 0.627. The van der Waals surface area contributed by atoms with Gasteiger partial charge in [-0.25, -0.2) is 0 Å². The molecule has 1 N–H and O–H groups in total. The van der Waals surface area contributed by atoms with Gasteiger partial charge >= 0.3 is 0 Å². The lowest BCUT2D eigenvalue weighted by Crippen LogP contribution is -2.32. The van der Waals surface area contributed by atoms with Crippen LogP contribution in [-0.2, 0) is 17.8 Å². The third-order valence-corrected chi connectivity index (χ3v) is 4.60. The number of nitrogens with one attached hydrogen (secondary N) is 1. The number of likely N-dealkylation sites (N-methyl/N-ethyl adjacent to an activating group) is 1. The predicted octanol–water partition coefficient (Wildman–Crippen LogP) is 2.98. The second-order valence-electron chi connectivity index (χ2n) is 6.09. The van der Waals surface area contributed by atoms with Crippen molar-refractivity contribution < 1.29 is 9.21 Å². The van der Waals surface area contributed by atoms with Crippen LogP contribution in [0, 0.1) is 0 Å². The largest absolute Gasteiger partial charge is 0.421 e. The van der Waals surface area contributed by atoms with E-state index in [1.807, 2.05) is 42.1 Å². The molecule has 7 heteroatoms. The number of hydrogen-bond acceptors (Lipinski definition) is 6. The van der Waals surface area contributed by atoms with Crippen LogP contribution in [0.2, 0.25) is 0 Å². The van der Waals surface area contributed by atoms with Crippen LogP contribution in [0.25, 0.3) is 11.5 Å². The van der Waals surface area contributed by atoms with Crippen LogP contribution in [0.4, 0.5) is 0 Å². The lowest BCUT2D eigenvalue weighted by Gasteiger charge is -2.16. The van der Waals surface area contributed by atoms with E-state index >= 15 is 0 Å². The summed E-state index contributed by atoms with van der Waals surface area (Å²) < 4.78 is 5.58. The molecule has 0 atom stereocenters. The summed E-state index contributed by atoms with van der Waals surface area (Å²) in [6, 6.07) is 12.2. The number of rotatable bonds is 9. The molecule has 1 aromatic carbocycles. The maximum absolute atomic E-state index is 12.0. The van der Waals surface area contributed by atoms with Gasteiger partial charge in [0.25, 0.3) is 0 Å². The lowest BCUT2D eigenvalue weighted by molar-refractivity contribution is -0.121. The van der Waals surface area contributed by atoms with E-state index < -0.39 is 0 Å². The van der Waals surface area contributed by atoms with Crippen LogP contribution in [0.15, 0.2) is 51.6 Å². The highest BCUT2D eigenvalue weighted by atomic mass is 32.1. The Kier molecular flexibility index (Phi) is 6.51. The van der Waals surface area contributed by atoms with Gasteiger partial charge < -0.3 is 14.6 Å². The molecule has 1 amide bonds. The molecule has 2 aromatic heterocycles. The molecule has 0 radical (unpaired) electrons. The van der Waals surface area contributed by atoms with Crippen LogP contribution in [-0.4, -0.2) is 41.1 Å². The smallest absolute Gasteiger partial charge is 0.248 e. The van der Waals surface area contributed by atoms with Crippen molar-refractivity contribution in [2.75, 3.05) is 20.1 Å². The predicted molar refractivity (Wildman–Crippen MR) is 102 cm³/mol. The van der Waals surface area contributed by atoms with E-state index in [4.69, 9.17) is 4.42 Å². The molecule has 0 aliphatic carbocycles. The summed E-state index contributed by atoms with van der Waals surface area (Å²) in [4.78, 5) is 14.2. The minimum absolute atomic E-state index is 0.00612. The Morgan fingerprint density at radius 3 is 2.85 bits per heavy atom. The molecule has 0 unspecified atom stereocenters. The summed E-state index contributed by atoms with van der Waals surface area (Å²) >= 11 is 1.58. The maximum Gasteiger partial charge on any atom is 0.248 e. The van der Waals surface area contributed by atoms with Gasteiger partial charge in [0.05, 0.1) is 0 Å². The van der Waals surface area contributed by atoms with E-state index in [1.165, 1.54) is 5.56 Å². The minimum atomic E-state index is -0.00612. The molecular weight excluding hydrogens is 348 g/mol. The first-order valence-electron chi connectivity index (χ1n) is 8.55. The number of aromatic nitrogens is 2. The number of hydrogen-bond donors (Lipinski definition) is 1. The van der Waals surface area contributed by atoms with Gasteiger partial charge in [0.1, 0.15) is 0 Å². The average Bonchev–Trinajstić information content (AvgIpc) is 3.32. The Bertz CT molecular complexity index is 802. The van der Waals surface area contributed by atoms with Crippen molar-refractivity contribution in [3.63, 3.8) is 0 Å². The fourth-order valence-corrected chi connectivity index (χ4v) is 3.16. The van der Waals surface area contributed by atoms with Gasteiger partial charge in [-0.1, -0.05) is 30.3 Å². The van der Waals surface area contributed by atoms with Gasteiger partial charge in [0, 0.05) is 43.4 Å². The average molecular weight is 370 g/mol. The van der Waals surface area contributed by atoms with E-state index in [1.54, 1.807) is 11.3 Å². The molecule has 0 saturated carbocycles. The molecule has 0 aliphatic rings. The SMILES string of the molecule is CN(CCNC(=O)CCc1nnc(-c2ccsc2)o1)Cc1ccccc1. The Morgan fingerprint density at radius 2 is 2.08 bits per heavy atom. The van der Waals surface area contributed by atoms with Crippen molar-refractivity contribution in [2.24, 2.45) is 0 Å². The summed E-state index contributed by atoms with van der Waals surface area (Å²) in [7, 11) is 2.05. The van der Waals surface area contributed by atoms with Crippen LogP contribution in [0.5, 0.6) is 0 Å². The highest BCUT2D eigenvalue weighted by molar-refractivity contribution is 7.08. The van der Waals surface area contributed by atoms with Crippen molar-refractivity contribution in [2.45, 2.75) is 19.4 Å². The summed E-state index contributed by atoms with van der Waals surface area (Å²) in [5.74, 6) is 0.986. The molecule has 0 saturated heterocycles. The fraction of sp³-hybridized carbons (Fsp3) is 0.316. The van der Waals surface area contributed by atoms with Crippen LogP contribution in [0.3, 0.4) is 0 Å². The first kappa shape index (κ1) is 18.3. The molecule has 0 bridgehead atoms. The van der Waals surface area contributed by atoms with Crippen molar-refractivity contribution in [3.8, 4) is 11.5 Å². The highest BCUT2D eigenvalue weighted by Crippen LogP contribution is 2.20. The van der Waals surface area contributed by atoms with E-state index in [0.29, 0.717) is 31.2 Å². The second-order valence-corrected chi connectivity index (χ2v) is 6.87. The van der Waals surface area contributed by atoms with E-state index in [2.05, 4.69) is 32.5 Å². The van der Waals surface area contributed by atoms with Crippen LogP contribution < -0.4 is 5.32 Å². The number of aryl methyl sites for hydroxylation is 1. The maximum atomic E-state index is 12.0. The molecule has 0 aliphatic heterocycles. The number of amides is 1. The fourth-order valence-electron chi connectivity index (χ4n) is 2.53. The summed E-state index contributed by atoms with van der Waals surface area (Å²) in [6.45, 7) is 2.28. The number of benzene rings is 1. The van der Waals surface area contributed by atoms with Crippen LogP contribution in [0.1, 0.15) is 17.9 Å². The highest BCUT2D eigenvalue weighted by Gasteiger charge is 2.11. The summed E-state index contributed by atoms with van der Waals surface area (Å²) in [5.41, 5.74) is 2.18. The molecule has 0 spiro atoms. The molecule has 26 heavy (non-hydrogen) atoms. The van der Waals surface area contributed by atoms with E-state index in [-0.39, 0.29) is 5.91 Å². The molecule has 2 heterocycles. The zero-order valence-electron chi connectivity index (χ0n) is 14.7. The van der Waals surface area contributed by atoms with Crippen molar-refractivity contribution in [1.29, 1.82) is 0 Å². The van der Waals surface area contributed by atoms with Gasteiger partial charge in [0.15, 0.2) is 0 Å². The third kappa shape index (κ3) is 5.50. The van der Waals surface area contributed by atoms with Gasteiger partial charge in [-0.05, 0) is 24.1 Å². The van der Waals surface area contributed by atoms with Gasteiger partial charge in [-0.2, -0.15) is 11.3 Å². The third-order valence-electron chi connectivity index (χ3n) is 3.91. The zero-order valence-corrected chi connectivity index (χ0v) is 15.5. The molecule has 136 valence electrons. The second kappa shape index (κ2) is 9.26. The van der Waals surface area contributed by atoms with Crippen molar-refractivity contribution in [3.05, 3.63) is 58.6 Å². The molecule has 0 fully saturated rings. The standard InChI is InChI=1S/C19H22N4O2S/c1-23(13-15-5-3-2-4-6-15)11-10-20-17(24)7-8-18-21-22-19(25-18)16-9-12-26-14-16/h2-6,9,12,14H,7-8,10-11,13H2,1H3,(H,20,24).